The second kappa shape index (κ2) is 4.33. The molecule has 2 atom stereocenters. The Kier molecular flexibility index (Phi) is 2.64. The summed E-state index contributed by atoms with van der Waals surface area (Å²) in [6.07, 6.45) is 0.364. The van der Waals surface area contributed by atoms with Gasteiger partial charge in [-0.1, -0.05) is 12.1 Å². The normalized spacial score (nSPS) is 21.1. The van der Waals surface area contributed by atoms with Crippen molar-refractivity contribution in [2.45, 2.75) is 12.2 Å². The van der Waals surface area contributed by atoms with Gasteiger partial charge < -0.3 is 9.15 Å². The summed E-state index contributed by atoms with van der Waals surface area (Å²) in [5, 5.41) is 10.7. The molecule has 0 saturated carbocycles. The lowest BCUT2D eigenvalue weighted by atomic mass is 10.1. The maximum absolute atomic E-state index is 11.9. The number of carbonyl (C=O) groups excluding carboxylic acids is 1. The van der Waals surface area contributed by atoms with Crippen LogP contribution in [0, 0.1) is 10.1 Å². The van der Waals surface area contributed by atoms with Crippen molar-refractivity contribution in [3.8, 4) is 0 Å². The molecule has 1 saturated heterocycles. The first-order valence-electron chi connectivity index (χ1n) is 5.64. The number of epoxide rings is 1. The van der Waals surface area contributed by atoms with Gasteiger partial charge in [-0.25, -0.2) is 0 Å². The van der Waals surface area contributed by atoms with Crippen LogP contribution in [0.5, 0.6) is 0 Å². The van der Waals surface area contributed by atoms with Crippen molar-refractivity contribution in [3.05, 3.63) is 64.1 Å². The smallest absolute Gasteiger partial charge is 0.269 e. The van der Waals surface area contributed by atoms with Crippen molar-refractivity contribution in [3.63, 3.8) is 0 Å². The van der Waals surface area contributed by atoms with Gasteiger partial charge in [0.25, 0.3) is 5.69 Å². The molecule has 1 aliphatic rings. The number of Topliss-reactive ketones (excluding diaryl/α,β-unsaturated/α-hetero) is 1. The van der Waals surface area contributed by atoms with Gasteiger partial charge in [0.1, 0.15) is 6.10 Å². The monoisotopic (exact) mass is 259 g/mol. The minimum Gasteiger partial charge on any atom is -0.461 e. The number of nitrogens with zero attached hydrogens (tertiary/aromatic N) is 1. The fraction of sp³-hybridized carbons (Fsp3) is 0.154. The van der Waals surface area contributed by atoms with Crippen LogP contribution in [0.15, 0.2) is 47.1 Å². The van der Waals surface area contributed by atoms with E-state index >= 15 is 0 Å². The van der Waals surface area contributed by atoms with E-state index in [1.165, 1.54) is 18.4 Å². The molecule has 0 N–H and O–H groups in total. The molecule has 1 aliphatic heterocycles. The molecule has 1 aromatic carbocycles. The molecule has 96 valence electrons. The Bertz CT molecular complexity index is 634. The third-order valence-electron chi connectivity index (χ3n) is 2.92. The SMILES string of the molecule is O=C(c1ccco1)[C@@H]1O[C@H]1c1cccc([N+](=O)[O-])c1. The van der Waals surface area contributed by atoms with E-state index in [1.807, 2.05) is 0 Å². The Morgan fingerprint density at radius 2 is 2.11 bits per heavy atom. The van der Waals surface area contributed by atoms with Crippen LogP contribution in [0.3, 0.4) is 0 Å². The summed E-state index contributed by atoms with van der Waals surface area (Å²) in [4.78, 5) is 22.1. The third kappa shape index (κ3) is 2.13. The van der Waals surface area contributed by atoms with Crippen molar-refractivity contribution in [1.82, 2.24) is 0 Å². The maximum Gasteiger partial charge on any atom is 0.269 e. The van der Waals surface area contributed by atoms with E-state index in [4.69, 9.17) is 9.15 Å². The van der Waals surface area contributed by atoms with Crippen molar-refractivity contribution in [2.75, 3.05) is 0 Å². The highest BCUT2D eigenvalue weighted by molar-refractivity contribution is 5.99. The molecule has 1 aromatic heterocycles. The topological polar surface area (TPSA) is 85.9 Å². The molecule has 3 rings (SSSR count). The number of hydrogen-bond acceptors (Lipinski definition) is 5. The first-order valence-corrected chi connectivity index (χ1v) is 5.64. The summed E-state index contributed by atoms with van der Waals surface area (Å²) in [5.41, 5.74) is 0.608. The molecule has 2 aromatic rings. The molecule has 2 heterocycles. The third-order valence-corrected chi connectivity index (χ3v) is 2.92. The first-order chi connectivity index (χ1) is 9.16. The molecular formula is C13H9NO5. The van der Waals surface area contributed by atoms with E-state index in [1.54, 1.807) is 24.3 Å². The largest absolute Gasteiger partial charge is 0.461 e. The molecule has 0 spiro atoms. The van der Waals surface area contributed by atoms with E-state index in [2.05, 4.69) is 0 Å². The van der Waals surface area contributed by atoms with Gasteiger partial charge in [0.2, 0.25) is 5.78 Å². The zero-order valence-corrected chi connectivity index (χ0v) is 9.68. The predicted molar refractivity (Wildman–Crippen MR) is 63.7 cm³/mol. The number of non-ortho nitro benzene ring substituents is 1. The average molecular weight is 259 g/mol. The summed E-state index contributed by atoms with van der Waals surface area (Å²) in [7, 11) is 0. The van der Waals surface area contributed by atoms with Crippen LogP contribution in [0.4, 0.5) is 5.69 Å². The maximum atomic E-state index is 11.9. The highest BCUT2D eigenvalue weighted by Gasteiger charge is 2.47. The Labute approximate surface area is 107 Å². The molecule has 0 amide bonds. The Morgan fingerprint density at radius 1 is 1.26 bits per heavy atom. The van der Waals surface area contributed by atoms with Crippen LogP contribution in [0.2, 0.25) is 0 Å². The summed E-state index contributed by atoms with van der Waals surface area (Å²) >= 11 is 0. The molecule has 0 aliphatic carbocycles. The quantitative estimate of drug-likeness (QED) is 0.364. The highest BCUT2D eigenvalue weighted by Crippen LogP contribution is 2.41. The zero-order valence-electron chi connectivity index (χ0n) is 9.68. The van der Waals surface area contributed by atoms with E-state index in [-0.39, 0.29) is 17.2 Å². The second-order valence-corrected chi connectivity index (χ2v) is 4.17. The van der Waals surface area contributed by atoms with Gasteiger partial charge >= 0.3 is 0 Å². The van der Waals surface area contributed by atoms with Crippen molar-refractivity contribution in [2.24, 2.45) is 0 Å². The number of ketones is 1. The molecule has 6 nitrogen and oxygen atoms in total. The number of furan rings is 1. The van der Waals surface area contributed by atoms with Crippen LogP contribution in [-0.4, -0.2) is 16.8 Å². The fourth-order valence-corrected chi connectivity index (χ4v) is 1.94. The van der Waals surface area contributed by atoms with Crippen LogP contribution < -0.4 is 0 Å². The average Bonchev–Trinajstić information content (AvgIpc) is 3.03. The number of nitro benzene ring substituents is 1. The summed E-state index contributed by atoms with van der Waals surface area (Å²) < 4.78 is 10.3. The van der Waals surface area contributed by atoms with Gasteiger partial charge in [0, 0.05) is 12.1 Å². The number of nitro groups is 1. The molecular weight excluding hydrogens is 250 g/mol. The molecule has 1 fully saturated rings. The van der Waals surface area contributed by atoms with E-state index in [0.29, 0.717) is 5.56 Å². The molecule has 0 bridgehead atoms. The van der Waals surface area contributed by atoms with E-state index in [9.17, 15) is 14.9 Å². The highest BCUT2D eigenvalue weighted by atomic mass is 16.6. The predicted octanol–water partition coefficient (Wildman–Crippen LogP) is 2.51. The van der Waals surface area contributed by atoms with Crippen LogP contribution >= 0.6 is 0 Å². The molecule has 19 heavy (non-hydrogen) atoms. The number of rotatable bonds is 4. The van der Waals surface area contributed by atoms with Crippen LogP contribution in [-0.2, 0) is 4.74 Å². The lowest BCUT2D eigenvalue weighted by Crippen LogP contribution is -2.06. The lowest BCUT2D eigenvalue weighted by Gasteiger charge is -1.96. The van der Waals surface area contributed by atoms with Crippen LogP contribution in [0.25, 0.3) is 0 Å². The Hall–Kier alpha value is -2.47. The standard InChI is InChI=1S/C13H9NO5/c15-11(10-5-2-6-18-10)13-12(19-13)8-3-1-4-9(7-8)14(16)17/h1-7,12-13H/t12-,13-/m0/s1. The minimum absolute atomic E-state index is 0.0165. The van der Waals surface area contributed by atoms with Gasteiger partial charge in [-0.2, -0.15) is 0 Å². The van der Waals surface area contributed by atoms with Crippen molar-refractivity contribution < 1.29 is 18.9 Å². The minimum atomic E-state index is -0.617. The fourth-order valence-electron chi connectivity index (χ4n) is 1.94. The van der Waals surface area contributed by atoms with Crippen molar-refractivity contribution in [1.29, 1.82) is 0 Å². The van der Waals surface area contributed by atoms with Crippen molar-refractivity contribution >= 4 is 11.5 Å². The van der Waals surface area contributed by atoms with Crippen LogP contribution in [0.1, 0.15) is 22.2 Å². The molecule has 0 radical (unpaired) electrons. The molecule has 6 heteroatoms. The lowest BCUT2D eigenvalue weighted by molar-refractivity contribution is -0.384. The summed E-state index contributed by atoms with van der Waals surface area (Å²) in [6, 6.07) is 9.28. The van der Waals surface area contributed by atoms with Gasteiger partial charge in [0.05, 0.1) is 11.2 Å². The Morgan fingerprint density at radius 3 is 2.79 bits per heavy atom. The Balaban J connectivity index is 1.78. The van der Waals surface area contributed by atoms with Gasteiger partial charge in [0.15, 0.2) is 11.9 Å². The number of ether oxygens (including phenoxy) is 1. The van der Waals surface area contributed by atoms with Gasteiger partial charge in [-0.3, -0.25) is 14.9 Å². The molecule has 0 unspecified atom stereocenters. The number of hydrogen-bond donors (Lipinski definition) is 0. The second-order valence-electron chi connectivity index (χ2n) is 4.17. The summed E-state index contributed by atoms with van der Waals surface area (Å²) in [5.74, 6) is -0.0144. The van der Waals surface area contributed by atoms with Gasteiger partial charge in [-0.05, 0) is 17.7 Å². The van der Waals surface area contributed by atoms with E-state index < -0.39 is 17.1 Å². The first kappa shape index (κ1) is 11.6. The van der Waals surface area contributed by atoms with Gasteiger partial charge in [-0.15, -0.1) is 0 Å². The van der Waals surface area contributed by atoms with E-state index in [0.717, 1.165) is 0 Å². The number of carbonyl (C=O) groups is 1. The summed E-state index contributed by atoms with van der Waals surface area (Å²) in [6.45, 7) is 0. The zero-order chi connectivity index (χ0) is 13.4. The number of benzene rings is 1.